The Morgan fingerprint density at radius 1 is 1.24 bits per heavy atom. The highest BCUT2D eigenvalue weighted by Crippen LogP contribution is 2.24. The Labute approximate surface area is 173 Å². The van der Waals surface area contributed by atoms with Gasteiger partial charge in [-0.3, -0.25) is 19.1 Å². The molecular formula is C22H24N4O2S. The molecule has 1 fully saturated rings. The molecule has 1 aliphatic carbocycles. The highest BCUT2D eigenvalue weighted by molar-refractivity contribution is 8.00. The zero-order valence-corrected chi connectivity index (χ0v) is 17.2. The number of para-hydroxylation sites is 1. The number of pyridine rings is 1. The van der Waals surface area contributed by atoms with Crippen molar-refractivity contribution in [3.8, 4) is 0 Å². The first-order valence-corrected chi connectivity index (χ1v) is 10.9. The number of amides is 1. The summed E-state index contributed by atoms with van der Waals surface area (Å²) in [5.74, 6) is -0.00256. The topological polar surface area (TPSA) is 76.9 Å². The maximum absolute atomic E-state index is 13.2. The first kappa shape index (κ1) is 19.6. The van der Waals surface area contributed by atoms with Gasteiger partial charge in [-0.25, -0.2) is 4.98 Å². The number of rotatable bonds is 6. The molecular weight excluding hydrogens is 384 g/mol. The molecule has 2 aromatic heterocycles. The molecule has 0 saturated heterocycles. The van der Waals surface area contributed by atoms with Crippen molar-refractivity contribution in [2.75, 3.05) is 0 Å². The maximum Gasteiger partial charge on any atom is 0.262 e. The van der Waals surface area contributed by atoms with Crippen molar-refractivity contribution in [2.45, 2.75) is 55.6 Å². The van der Waals surface area contributed by atoms with E-state index in [1.165, 1.54) is 24.6 Å². The normalized spacial score (nSPS) is 15.5. The second-order valence-electron chi connectivity index (χ2n) is 7.41. The number of thioether (sulfide) groups is 1. The van der Waals surface area contributed by atoms with Crippen LogP contribution in [0.15, 0.2) is 58.7 Å². The molecule has 0 aliphatic heterocycles. The van der Waals surface area contributed by atoms with E-state index >= 15 is 0 Å². The van der Waals surface area contributed by atoms with E-state index in [2.05, 4.69) is 10.3 Å². The van der Waals surface area contributed by atoms with Crippen LogP contribution in [-0.4, -0.2) is 31.7 Å². The molecule has 0 radical (unpaired) electrons. The highest BCUT2D eigenvalue weighted by atomic mass is 32.2. The minimum Gasteiger partial charge on any atom is -0.352 e. The second kappa shape index (κ2) is 8.78. The van der Waals surface area contributed by atoms with Crippen LogP contribution in [0.1, 0.15) is 38.2 Å². The summed E-state index contributed by atoms with van der Waals surface area (Å²) in [5, 5.41) is 3.91. The molecule has 0 bridgehead atoms. The van der Waals surface area contributed by atoms with Gasteiger partial charge in [0.15, 0.2) is 5.16 Å². The van der Waals surface area contributed by atoms with Gasteiger partial charge in [-0.1, -0.05) is 42.8 Å². The van der Waals surface area contributed by atoms with Crippen LogP contribution in [0.4, 0.5) is 0 Å². The summed E-state index contributed by atoms with van der Waals surface area (Å²) in [7, 11) is 0. The van der Waals surface area contributed by atoms with Crippen molar-refractivity contribution in [1.82, 2.24) is 19.9 Å². The summed E-state index contributed by atoms with van der Waals surface area (Å²) in [6.07, 6.45) is 7.88. The Kier molecular flexibility index (Phi) is 5.94. The van der Waals surface area contributed by atoms with Crippen molar-refractivity contribution >= 4 is 28.6 Å². The summed E-state index contributed by atoms with van der Waals surface area (Å²) >= 11 is 1.33. The van der Waals surface area contributed by atoms with E-state index < -0.39 is 0 Å². The SMILES string of the molecule is C[C@@H](Sc1nc2ccccc2c(=O)n1Cc1cccnc1)C(=O)NC1CCCC1. The van der Waals surface area contributed by atoms with Gasteiger partial charge < -0.3 is 5.32 Å². The molecule has 1 N–H and O–H groups in total. The smallest absolute Gasteiger partial charge is 0.262 e. The third-order valence-electron chi connectivity index (χ3n) is 5.24. The van der Waals surface area contributed by atoms with Crippen LogP contribution in [-0.2, 0) is 11.3 Å². The Morgan fingerprint density at radius 3 is 2.79 bits per heavy atom. The number of fused-ring (bicyclic) bond motifs is 1. The largest absolute Gasteiger partial charge is 0.352 e. The molecule has 1 amide bonds. The molecule has 2 heterocycles. The molecule has 6 nitrogen and oxygen atoms in total. The van der Waals surface area contributed by atoms with Gasteiger partial charge in [0.25, 0.3) is 5.56 Å². The zero-order valence-electron chi connectivity index (χ0n) is 16.4. The predicted octanol–water partition coefficient (Wildman–Crippen LogP) is 3.38. The Hall–Kier alpha value is -2.67. The molecule has 150 valence electrons. The third kappa shape index (κ3) is 4.50. The van der Waals surface area contributed by atoms with E-state index in [4.69, 9.17) is 4.98 Å². The van der Waals surface area contributed by atoms with E-state index in [1.807, 2.05) is 37.3 Å². The standard InChI is InChI=1S/C22H24N4O2S/c1-15(20(27)24-17-8-2-3-9-17)29-22-25-19-11-5-4-10-18(19)21(28)26(22)14-16-7-6-12-23-13-16/h4-7,10-13,15,17H,2-3,8-9,14H2,1H3,(H,24,27)/t15-/m1/s1. The fraction of sp³-hybridized carbons (Fsp3) is 0.364. The van der Waals surface area contributed by atoms with Gasteiger partial charge in [0, 0.05) is 18.4 Å². The van der Waals surface area contributed by atoms with E-state index in [-0.39, 0.29) is 22.8 Å². The monoisotopic (exact) mass is 408 g/mol. The Morgan fingerprint density at radius 2 is 2.03 bits per heavy atom. The van der Waals surface area contributed by atoms with Crippen molar-refractivity contribution in [3.05, 3.63) is 64.7 Å². The van der Waals surface area contributed by atoms with Crippen LogP contribution in [0.3, 0.4) is 0 Å². The number of carbonyl (C=O) groups is 1. The summed E-state index contributed by atoms with van der Waals surface area (Å²) < 4.78 is 1.64. The number of carbonyl (C=O) groups excluding carboxylic acids is 1. The first-order chi connectivity index (χ1) is 14.1. The Balaban J connectivity index is 1.65. The number of aromatic nitrogens is 3. The maximum atomic E-state index is 13.2. The number of hydrogen-bond acceptors (Lipinski definition) is 5. The van der Waals surface area contributed by atoms with Crippen LogP contribution in [0.2, 0.25) is 0 Å². The summed E-state index contributed by atoms with van der Waals surface area (Å²) in [4.78, 5) is 34.7. The van der Waals surface area contributed by atoms with Crippen LogP contribution >= 0.6 is 11.8 Å². The van der Waals surface area contributed by atoms with Crippen molar-refractivity contribution < 1.29 is 4.79 Å². The average molecular weight is 409 g/mol. The van der Waals surface area contributed by atoms with Gasteiger partial charge in [-0.2, -0.15) is 0 Å². The van der Waals surface area contributed by atoms with Crippen molar-refractivity contribution in [3.63, 3.8) is 0 Å². The molecule has 3 aromatic rings. The molecule has 1 atom stereocenters. The number of nitrogens with zero attached hydrogens (tertiary/aromatic N) is 3. The minimum atomic E-state index is -0.344. The van der Waals surface area contributed by atoms with Crippen LogP contribution in [0, 0.1) is 0 Å². The number of nitrogens with one attached hydrogen (secondary N) is 1. The predicted molar refractivity (Wildman–Crippen MR) is 115 cm³/mol. The molecule has 4 rings (SSSR count). The second-order valence-corrected chi connectivity index (χ2v) is 8.72. The van der Waals surface area contributed by atoms with Crippen LogP contribution in [0.25, 0.3) is 10.9 Å². The molecule has 1 aliphatic rings. The highest BCUT2D eigenvalue weighted by Gasteiger charge is 2.23. The van der Waals surface area contributed by atoms with Gasteiger partial charge in [-0.15, -0.1) is 0 Å². The molecule has 1 aromatic carbocycles. The fourth-order valence-electron chi connectivity index (χ4n) is 3.65. The van der Waals surface area contributed by atoms with E-state index in [1.54, 1.807) is 23.0 Å². The Bertz CT molecular complexity index is 1060. The fourth-order valence-corrected chi connectivity index (χ4v) is 4.57. The van der Waals surface area contributed by atoms with Crippen molar-refractivity contribution in [2.24, 2.45) is 0 Å². The van der Waals surface area contributed by atoms with Crippen molar-refractivity contribution in [1.29, 1.82) is 0 Å². The molecule has 0 unspecified atom stereocenters. The summed E-state index contributed by atoms with van der Waals surface area (Å²) in [6.45, 7) is 2.23. The summed E-state index contributed by atoms with van der Waals surface area (Å²) in [6, 6.07) is 11.4. The zero-order chi connectivity index (χ0) is 20.2. The van der Waals surface area contributed by atoms with Gasteiger partial charge in [-0.05, 0) is 43.5 Å². The van der Waals surface area contributed by atoms with Gasteiger partial charge in [0.05, 0.1) is 22.7 Å². The lowest BCUT2D eigenvalue weighted by Crippen LogP contribution is -2.38. The summed E-state index contributed by atoms with van der Waals surface area (Å²) in [5.41, 5.74) is 1.45. The van der Waals surface area contributed by atoms with Gasteiger partial charge >= 0.3 is 0 Å². The van der Waals surface area contributed by atoms with E-state index in [0.717, 1.165) is 18.4 Å². The average Bonchev–Trinajstić information content (AvgIpc) is 3.24. The van der Waals surface area contributed by atoms with E-state index in [0.29, 0.717) is 22.6 Å². The lowest BCUT2D eigenvalue weighted by molar-refractivity contribution is -0.120. The first-order valence-electron chi connectivity index (χ1n) is 9.97. The molecule has 7 heteroatoms. The van der Waals surface area contributed by atoms with Gasteiger partial charge in [0.2, 0.25) is 5.91 Å². The van der Waals surface area contributed by atoms with Crippen LogP contribution in [0.5, 0.6) is 0 Å². The van der Waals surface area contributed by atoms with Gasteiger partial charge in [0.1, 0.15) is 0 Å². The number of hydrogen-bond donors (Lipinski definition) is 1. The van der Waals surface area contributed by atoms with E-state index in [9.17, 15) is 9.59 Å². The third-order valence-corrected chi connectivity index (χ3v) is 6.33. The minimum absolute atomic E-state index is 0.00256. The molecule has 0 spiro atoms. The quantitative estimate of drug-likeness (QED) is 0.500. The lowest BCUT2D eigenvalue weighted by Gasteiger charge is -2.18. The lowest BCUT2D eigenvalue weighted by atomic mass is 10.2. The number of benzene rings is 1. The molecule has 29 heavy (non-hydrogen) atoms. The van der Waals surface area contributed by atoms with Crippen LogP contribution < -0.4 is 10.9 Å². The molecule has 1 saturated carbocycles.